The highest BCUT2D eigenvalue weighted by Crippen LogP contribution is 2.27. The molecular formula is C16H22N2O3. The number of hydrogen-bond acceptors (Lipinski definition) is 3. The van der Waals surface area contributed by atoms with E-state index in [1.807, 2.05) is 24.0 Å². The van der Waals surface area contributed by atoms with Gasteiger partial charge in [0.1, 0.15) is 5.75 Å². The predicted molar refractivity (Wildman–Crippen MR) is 79.5 cm³/mol. The van der Waals surface area contributed by atoms with Crippen LogP contribution in [0.5, 0.6) is 5.75 Å². The van der Waals surface area contributed by atoms with Gasteiger partial charge in [-0.15, -0.1) is 0 Å². The van der Waals surface area contributed by atoms with Crippen LogP contribution in [0.3, 0.4) is 0 Å². The smallest absolute Gasteiger partial charge is 0.318 e. The molecule has 1 aromatic carbocycles. The molecule has 2 heterocycles. The van der Waals surface area contributed by atoms with E-state index in [1.54, 1.807) is 7.11 Å². The molecule has 114 valence electrons. The fraction of sp³-hybridized carbons (Fsp3) is 0.562. The molecule has 0 bridgehead atoms. The summed E-state index contributed by atoms with van der Waals surface area (Å²) < 4.78 is 10.9. The maximum Gasteiger partial charge on any atom is 0.318 e. The molecule has 0 saturated carbocycles. The van der Waals surface area contributed by atoms with E-state index in [0.717, 1.165) is 31.7 Å². The first-order valence-electron chi connectivity index (χ1n) is 7.51. The summed E-state index contributed by atoms with van der Waals surface area (Å²) in [5.74, 6) is 0.922. The summed E-state index contributed by atoms with van der Waals surface area (Å²) in [6.45, 7) is 4.10. The topological polar surface area (TPSA) is 50.8 Å². The standard InChI is InChI=1S/C16H22N2O3/c1-11-14(7-9-21-11)17-16(19)18-8-6-13-12(10-18)4-3-5-15(13)20-2/h3-5,11,14H,6-10H2,1-2H3,(H,17,19)/t11-,14-/m0/s1. The number of fused-ring (bicyclic) bond motifs is 1. The van der Waals surface area contributed by atoms with Crippen LogP contribution in [0.4, 0.5) is 4.79 Å². The van der Waals surface area contributed by atoms with Crippen molar-refractivity contribution in [1.29, 1.82) is 0 Å². The van der Waals surface area contributed by atoms with Crippen molar-refractivity contribution in [3.63, 3.8) is 0 Å². The average molecular weight is 290 g/mol. The first-order chi connectivity index (χ1) is 10.2. The van der Waals surface area contributed by atoms with Gasteiger partial charge in [-0.3, -0.25) is 0 Å². The molecule has 1 N–H and O–H groups in total. The lowest BCUT2D eigenvalue weighted by Gasteiger charge is -2.31. The van der Waals surface area contributed by atoms with Gasteiger partial charge in [-0.2, -0.15) is 0 Å². The Morgan fingerprint density at radius 1 is 1.48 bits per heavy atom. The zero-order chi connectivity index (χ0) is 14.8. The van der Waals surface area contributed by atoms with Crippen LogP contribution in [0, 0.1) is 0 Å². The number of hydrogen-bond donors (Lipinski definition) is 1. The van der Waals surface area contributed by atoms with Gasteiger partial charge < -0.3 is 19.7 Å². The summed E-state index contributed by atoms with van der Waals surface area (Å²) in [5.41, 5.74) is 2.40. The number of rotatable bonds is 2. The predicted octanol–water partition coefficient (Wildman–Crippen LogP) is 1.94. The number of urea groups is 1. The van der Waals surface area contributed by atoms with E-state index in [-0.39, 0.29) is 18.2 Å². The van der Waals surface area contributed by atoms with E-state index in [0.29, 0.717) is 6.54 Å². The van der Waals surface area contributed by atoms with Crippen molar-refractivity contribution < 1.29 is 14.3 Å². The summed E-state index contributed by atoms with van der Waals surface area (Å²) in [7, 11) is 1.69. The Morgan fingerprint density at radius 3 is 3.05 bits per heavy atom. The molecule has 2 amide bonds. The molecule has 0 radical (unpaired) electrons. The van der Waals surface area contributed by atoms with Crippen LogP contribution in [-0.4, -0.2) is 43.3 Å². The van der Waals surface area contributed by atoms with Crippen LogP contribution < -0.4 is 10.1 Å². The highest BCUT2D eigenvalue weighted by atomic mass is 16.5. The Morgan fingerprint density at radius 2 is 2.33 bits per heavy atom. The normalized spacial score (nSPS) is 24.6. The third-order valence-corrected chi connectivity index (χ3v) is 4.42. The molecule has 2 aliphatic heterocycles. The summed E-state index contributed by atoms with van der Waals surface area (Å²) in [4.78, 5) is 14.3. The number of ether oxygens (including phenoxy) is 2. The largest absolute Gasteiger partial charge is 0.496 e. The van der Waals surface area contributed by atoms with Crippen molar-refractivity contribution in [2.24, 2.45) is 0 Å². The van der Waals surface area contributed by atoms with Crippen molar-refractivity contribution in [2.75, 3.05) is 20.3 Å². The number of nitrogens with zero attached hydrogens (tertiary/aromatic N) is 1. The van der Waals surface area contributed by atoms with E-state index >= 15 is 0 Å². The molecule has 21 heavy (non-hydrogen) atoms. The molecule has 0 aromatic heterocycles. The SMILES string of the molecule is COc1cccc2c1CCN(C(=O)N[C@H]1CCO[C@H]1C)C2. The molecule has 0 unspecified atom stereocenters. The minimum atomic E-state index is 0.00539. The molecule has 3 rings (SSSR count). The Balaban J connectivity index is 1.67. The number of carbonyl (C=O) groups excluding carboxylic acids is 1. The summed E-state index contributed by atoms with van der Waals surface area (Å²) in [6, 6.07) is 6.16. The second-order valence-corrected chi connectivity index (χ2v) is 5.69. The molecule has 0 aliphatic carbocycles. The zero-order valence-corrected chi connectivity index (χ0v) is 12.6. The lowest BCUT2D eigenvalue weighted by atomic mass is 9.99. The van der Waals surface area contributed by atoms with Crippen LogP contribution in [-0.2, 0) is 17.7 Å². The quantitative estimate of drug-likeness (QED) is 0.905. The number of benzene rings is 1. The molecule has 2 atom stereocenters. The maximum atomic E-state index is 12.4. The molecule has 1 fully saturated rings. The Bertz CT molecular complexity index is 532. The van der Waals surface area contributed by atoms with Crippen LogP contribution in [0.2, 0.25) is 0 Å². The second kappa shape index (κ2) is 5.93. The Labute approximate surface area is 125 Å². The maximum absolute atomic E-state index is 12.4. The molecule has 5 nitrogen and oxygen atoms in total. The Kier molecular flexibility index (Phi) is 4.01. The second-order valence-electron chi connectivity index (χ2n) is 5.69. The molecule has 0 spiro atoms. The van der Waals surface area contributed by atoms with Gasteiger partial charge in [-0.1, -0.05) is 12.1 Å². The van der Waals surface area contributed by atoms with E-state index in [1.165, 1.54) is 11.1 Å². The summed E-state index contributed by atoms with van der Waals surface area (Å²) in [6.07, 6.45) is 1.83. The summed E-state index contributed by atoms with van der Waals surface area (Å²) >= 11 is 0. The van der Waals surface area contributed by atoms with Crippen molar-refractivity contribution in [3.05, 3.63) is 29.3 Å². The van der Waals surface area contributed by atoms with Crippen LogP contribution in [0.1, 0.15) is 24.5 Å². The highest BCUT2D eigenvalue weighted by Gasteiger charge is 2.29. The van der Waals surface area contributed by atoms with Gasteiger partial charge in [0, 0.05) is 25.3 Å². The zero-order valence-electron chi connectivity index (χ0n) is 12.6. The third kappa shape index (κ3) is 2.83. The molecule has 5 heteroatoms. The van der Waals surface area contributed by atoms with Gasteiger partial charge in [0.2, 0.25) is 0 Å². The van der Waals surface area contributed by atoms with Gasteiger partial charge >= 0.3 is 6.03 Å². The van der Waals surface area contributed by atoms with Crippen LogP contribution >= 0.6 is 0 Å². The number of amides is 2. The fourth-order valence-corrected chi connectivity index (χ4v) is 3.11. The summed E-state index contributed by atoms with van der Waals surface area (Å²) in [5, 5.41) is 3.09. The average Bonchev–Trinajstić information content (AvgIpc) is 2.91. The van der Waals surface area contributed by atoms with Gasteiger partial charge in [-0.05, 0) is 31.4 Å². The van der Waals surface area contributed by atoms with Crippen LogP contribution in [0.25, 0.3) is 0 Å². The van der Waals surface area contributed by atoms with Crippen LogP contribution in [0.15, 0.2) is 18.2 Å². The van der Waals surface area contributed by atoms with Crippen molar-refractivity contribution >= 4 is 6.03 Å². The number of nitrogens with one attached hydrogen (secondary N) is 1. The Hall–Kier alpha value is -1.75. The minimum absolute atomic E-state index is 0.00539. The van der Waals surface area contributed by atoms with Gasteiger partial charge in [0.05, 0.1) is 19.3 Å². The molecular weight excluding hydrogens is 268 g/mol. The van der Waals surface area contributed by atoms with Gasteiger partial charge in [-0.25, -0.2) is 4.79 Å². The van der Waals surface area contributed by atoms with E-state index in [2.05, 4.69) is 11.4 Å². The first-order valence-corrected chi connectivity index (χ1v) is 7.51. The molecule has 2 aliphatic rings. The monoisotopic (exact) mass is 290 g/mol. The molecule has 1 saturated heterocycles. The van der Waals surface area contributed by atoms with Crippen molar-refractivity contribution in [2.45, 2.75) is 38.5 Å². The highest BCUT2D eigenvalue weighted by molar-refractivity contribution is 5.75. The van der Waals surface area contributed by atoms with Crippen molar-refractivity contribution in [1.82, 2.24) is 10.2 Å². The van der Waals surface area contributed by atoms with E-state index in [9.17, 15) is 4.79 Å². The van der Waals surface area contributed by atoms with Gasteiger partial charge in [0.25, 0.3) is 0 Å². The van der Waals surface area contributed by atoms with E-state index < -0.39 is 0 Å². The van der Waals surface area contributed by atoms with E-state index in [4.69, 9.17) is 9.47 Å². The molecule has 1 aromatic rings. The van der Waals surface area contributed by atoms with Crippen molar-refractivity contribution in [3.8, 4) is 5.75 Å². The fourth-order valence-electron chi connectivity index (χ4n) is 3.11. The third-order valence-electron chi connectivity index (χ3n) is 4.42. The lowest BCUT2D eigenvalue weighted by Crippen LogP contribution is -2.48. The minimum Gasteiger partial charge on any atom is -0.496 e. The number of carbonyl (C=O) groups is 1. The number of methoxy groups -OCH3 is 1. The lowest BCUT2D eigenvalue weighted by molar-refractivity contribution is 0.111. The van der Waals surface area contributed by atoms with Gasteiger partial charge in [0.15, 0.2) is 0 Å². The first kappa shape index (κ1) is 14.2.